The molecule has 1 aromatic rings. The maximum Gasteiger partial charge on any atom is 0.239 e. The number of nitriles is 1. The predicted molar refractivity (Wildman–Crippen MR) is 76.8 cm³/mol. The molecule has 0 radical (unpaired) electrons. The van der Waals surface area contributed by atoms with Gasteiger partial charge in [-0.05, 0) is 30.5 Å². The Morgan fingerprint density at radius 2 is 1.89 bits per heavy atom. The second kappa shape index (κ2) is 8.15. The number of rotatable bonds is 7. The third kappa shape index (κ3) is 5.43. The topological polar surface area (TPSA) is 64.9 Å². The molecule has 0 aliphatic carbocycles. The number of nitrogens with one attached hydrogen (secondary N) is 2. The molecule has 1 amide bonds. The summed E-state index contributed by atoms with van der Waals surface area (Å²) in [4.78, 5) is 11.7. The van der Waals surface area contributed by atoms with Gasteiger partial charge in [0.2, 0.25) is 5.91 Å². The summed E-state index contributed by atoms with van der Waals surface area (Å²) in [6.45, 7) is 4.40. The van der Waals surface area contributed by atoms with E-state index >= 15 is 0 Å². The van der Waals surface area contributed by atoms with Crippen molar-refractivity contribution in [1.82, 2.24) is 5.32 Å². The van der Waals surface area contributed by atoms with Crippen molar-refractivity contribution in [2.75, 3.05) is 11.9 Å². The lowest BCUT2D eigenvalue weighted by atomic mass is 10.1. The summed E-state index contributed by atoms with van der Waals surface area (Å²) >= 11 is 0. The summed E-state index contributed by atoms with van der Waals surface area (Å²) in [7, 11) is 0. The Labute approximate surface area is 114 Å². The van der Waals surface area contributed by atoms with Gasteiger partial charge in [-0.3, -0.25) is 4.79 Å². The summed E-state index contributed by atoms with van der Waals surface area (Å²) in [5, 5.41) is 14.6. The van der Waals surface area contributed by atoms with Crippen molar-refractivity contribution in [2.24, 2.45) is 0 Å². The molecule has 0 heterocycles. The molecule has 19 heavy (non-hydrogen) atoms. The smallest absolute Gasteiger partial charge is 0.239 e. The van der Waals surface area contributed by atoms with E-state index in [0.717, 1.165) is 24.1 Å². The summed E-state index contributed by atoms with van der Waals surface area (Å²) in [5.41, 5.74) is 1.87. The molecular weight excluding hydrogens is 238 g/mol. The van der Waals surface area contributed by atoms with Crippen LogP contribution in [0.3, 0.4) is 0 Å². The van der Waals surface area contributed by atoms with Crippen molar-refractivity contribution >= 4 is 11.6 Å². The first kappa shape index (κ1) is 15.0. The Hall–Kier alpha value is -2.02. The number of carbonyl (C=O) groups is 1. The standard InChI is InChI=1S/C15H21N3O/c1-3-13(4-2)18-15(19)11-17-14-7-5-12(6-8-14)9-10-16/h5-8,13,17H,3-4,9,11H2,1-2H3,(H,18,19). The third-order valence-electron chi connectivity index (χ3n) is 3.04. The van der Waals surface area contributed by atoms with Gasteiger partial charge in [0.25, 0.3) is 0 Å². The van der Waals surface area contributed by atoms with Gasteiger partial charge in [0.1, 0.15) is 0 Å². The lowest BCUT2D eigenvalue weighted by Gasteiger charge is -2.15. The zero-order chi connectivity index (χ0) is 14.1. The molecule has 0 atom stereocenters. The van der Waals surface area contributed by atoms with Crippen molar-refractivity contribution < 1.29 is 4.79 Å². The molecule has 0 fully saturated rings. The van der Waals surface area contributed by atoms with Crippen molar-refractivity contribution in [3.05, 3.63) is 29.8 Å². The van der Waals surface area contributed by atoms with Crippen LogP contribution in [0.1, 0.15) is 32.3 Å². The molecule has 4 heteroatoms. The molecule has 0 saturated heterocycles. The van der Waals surface area contributed by atoms with Crippen LogP contribution in [0, 0.1) is 11.3 Å². The number of carbonyl (C=O) groups excluding carboxylic acids is 1. The van der Waals surface area contributed by atoms with Crippen LogP contribution in [0.25, 0.3) is 0 Å². The van der Waals surface area contributed by atoms with E-state index in [1.165, 1.54) is 0 Å². The van der Waals surface area contributed by atoms with Crippen LogP contribution in [-0.4, -0.2) is 18.5 Å². The maximum absolute atomic E-state index is 11.7. The molecule has 102 valence electrons. The highest BCUT2D eigenvalue weighted by Crippen LogP contribution is 2.09. The van der Waals surface area contributed by atoms with Gasteiger partial charge in [0.15, 0.2) is 0 Å². The van der Waals surface area contributed by atoms with Crippen LogP contribution in [-0.2, 0) is 11.2 Å². The van der Waals surface area contributed by atoms with Gasteiger partial charge < -0.3 is 10.6 Å². The highest BCUT2D eigenvalue weighted by molar-refractivity contribution is 5.80. The van der Waals surface area contributed by atoms with Crippen LogP contribution < -0.4 is 10.6 Å². The number of hydrogen-bond acceptors (Lipinski definition) is 3. The monoisotopic (exact) mass is 259 g/mol. The van der Waals surface area contributed by atoms with Crippen LogP contribution >= 0.6 is 0 Å². The summed E-state index contributed by atoms with van der Waals surface area (Å²) in [6.07, 6.45) is 2.31. The Balaban J connectivity index is 2.39. The lowest BCUT2D eigenvalue weighted by Crippen LogP contribution is -2.37. The van der Waals surface area contributed by atoms with Crippen LogP contribution in [0.15, 0.2) is 24.3 Å². The van der Waals surface area contributed by atoms with Crippen molar-refractivity contribution in [1.29, 1.82) is 5.26 Å². The van der Waals surface area contributed by atoms with Crippen LogP contribution in [0.5, 0.6) is 0 Å². The normalized spacial score (nSPS) is 10.0. The van der Waals surface area contributed by atoms with E-state index in [-0.39, 0.29) is 18.5 Å². The summed E-state index contributed by atoms with van der Waals surface area (Å²) < 4.78 is 0. The highest BCUT2D eigenvalue weighted by Gasteiger charge is 2.07. The second-order valence-electron chi connectivity index (χ2n) is 4.47. The van der Waals surface area contributed by atoms with E-state index in [1.54, 1.807) is 0 Å². The number of anilines is 1. The molecule has 2 N–H and O–H groups in total. The van der Waals surface area contributed by atoms with Crippen LogP contribution in [0.4, 0.5) is 5.69 Å². The Bertz CT molecular complexity index is 430. The Morgan fingerprint density at radius 1 is 1.26 bits per heavy atom. The van der Waals surface area contributed by atoms with E-state index < -0.39 is 0 Å². The SMILES string of the molecule is CCC(CC)NC(=O)CNc1ccc(CC#N)cc1. The summed E-state index contributed by atoms with van der Waals surface area (Å²) in [5.74, 6) is 0.00908. The van der Waals surface area contributed by atoms with Crippen LogP contribution in [0.2, 0.25) is 0 Å². The molecule has 4 nitrogen and oxygen atoms in total. The second-order valence-corrected chi connectivity index (χ2v) is 4.47. The van der Waals surface area contributed by atoms with E-state index in [4.69, 9.17) is 5.26 Å². The number of amides is 1. The van der Waals surface area contributed by atoms with E-state index in [2.05, 4.69) is 30.6 Å². The van der Waals surface area contributed by atoms with E-state index in [1.807, 2.05) is 24.3 Å². The van der Waals surface area contributed by atoms with E-state index in [0.29, 0.717) is 6.42 Å². The molecule has 1 rings (SSSR count). The number of nitrogens with zero attached hydrogens (tertiary/aromatic N) is 1. The minimum Gasteiger partial charge on any atom is -0.376 e. The molecule has 0 saturated carbocycles. The van der Waals surface area contributed by atoms with Gasteiger partial charge in [-0.2, -0.15) is 5.26 Å². The van der Waals surface area contributed by atoms with Crippen molar-refractivity contribution in [2.45, 2.75) is 39.2 Å². The van der Waals surface area contributed by atoms with Crippen molar-refractivity contribution in [3.63, 3.8) is 0 Å². The zero-order valence-corrected chi connectivity index (χ0v) is 11.6. The average Bonchev–Trinajstić information content (AvgIpc) is 2.44. The first-order valence-electron chi connectivity index (χ1n) is 6.68. The predicted octanol–water partition coefficient (Wildman–Crippen LogP) is 2.47. The van der Waals surface area contributed by atoms with Crippen molar-refractivity contribution in [3.8, 4) is 6.07 Å². The zero-order valence-electron chi connectivity index (χ0n) is 11.6. The Kier molecular flexibility index (Phi) is 6.45. The minimum absolute atomic E-state index is 0.00908. The number of benzene rings is 1. The average molecular weight is 259 g/mol. The largest absolute Gasteiger partial charge is 0.376 e. The minimum atomic E-state index is 0.00908. The molecule has 0 aliphatic rings. The van der Waals surface area contributed by atoms with Gasteiger partial charge in [-0.1, -0.05) is 26.0 Å². The first-order chi connectivity index (χ1) is 9.19. The molecule has 0 bridgehead atoms. The van der Waals surface area contributed by atoms with Gasteiger partial charge in [-0.15, -0.1) is 0 Å². The van der Waals surface area contributed by atoms with Gasteiger partial charge in [0.05, 0.1) is 19.0 Å². The molecule has 1 aromatic carbocycles. The fraction of sp³-hybridized carbons (Fsp3) is 0.467. The molecule has 0 aliphatic heterocycles. The highest BCUT2D eigenvalue weighted by atomic mass is 16.1. The van der Waals surface area contributed by atoms with Gasteiger partial charge >= 0.3 is 0 Å². The van der Waals surface area contributed by atoms with Gasteiger partial charge in [0, 0.05) is 11.7 Å². The first-order valence-corrected chi connectivity index (χ1v) is 6.68. The Morgan fingerprint density at radius 3 is 2.42 bits per heavy atom. The molecule has 0 aromatic heterocycles. The van der Waals surface area contributed by atoms with Gasteiger partial charge in [-0.25, -0.2) is 0 Å². The third-order valence-corrected chi connectivity index (χ3v) is 3.04. The fourth-order valence-electron chi connectivity index (χ4n) is 1.79. The number of hydrogen-bond donors (Lipinski definition) is 2. The van der Waals surface area contributed by atoms with E-state index in [9.17, 15) is 4.79 Å². The lowest BCUT2D eigenvalue weighted by molar-refractivity contribution is -0.120. The molecular formula is C15H21N3O. The summed E-state index contributed by atoms with van der Waals surface area (Å²) in [6, 6.07) is 9.92. The molecule has 0 spiro atoms. The maximum atomic E-state index is 11.7. The molecule has 0 unspecified atom stereocenters. The quantitative estimate of drug-likeness (QED) is 0.790. The fourth-order valence-corrected chi connectivity index (χ4v) is 1.79.